The van der Waals surface area contributed by atoms with Crippen LogP contribution in [0.25, 0.3) is 16.3 Å². The third kappa shape index (κ3) is 3.54. The number of thiazole rings is 1. The number of rotatable bonds is 5. The number of halogens is 1. The summed E-state index contributed by atoms with van der Waals surface area (Å²) in [5.74, 6) is 0.637. The van der Waals surface area contributed by atoms with Crippen LogP contribution in [0, 0.1) is 0 Å². The lowest BCUT2D eigenvalue weighted by Crippen LogP contribution is -2.26. The van der Waals surface area contributed by atoms with Crippen LogP contribution in [0.1, 0.15) is 16.1 Å². The lowest BCUT2D eigenvalue weighted by atomic mass is 10.2. The molecule has 0 aliphatic rings. The molecule has 0 radical (unpaired) electrons. The van der Waals surface area contributed by atoms with Crippen LogP contribution in [0.5, 0.6) is 0 Å². The van der Waals surface area contributed by atoms with E-state index >= 15 is 0 Å². The number of benzene rings is 2. The predicted molar refractivity (Wildman–Crippen MR) is 106 cm³/mol. The van der Waals surface area contributed by atoms with E-state index < -0.39 is 0 Å². The monoisotopic (exact) mass is 426 g/mol. The molecule has 0 aliphatic heterocycles. The average molecular weight is 427 g/mol. The van der Waals surface area contributed by atoms with Crippen molar-refractivity contribution in [2.24, 2.45) is 0 Å². The zero-order valence-electron chi connectivity index (χ0n) is 13.7. The fraction of sp³-hybridized carbons (Fsp3) is 0.105. The van der Waals surface area contributed by atoms with Crippen LogP contribution in [-0.2, 0) is 6.42 Å². The Morgan fingerprint density at radius 3 is 2.81 bits per heavy atom. The van der Waals surface area contributed by atoms with Gasteiger partial charge in [-0.2, -0.15) is 4.98 Å². The van der Waals surface area contributed by atoms with Crippen molar-refractivity contribution in [1.82, 2.24) is 19.9 Å². The van der Waals surface area contributed by atoms with E-state index in [0.29, 0.717) is 18.5 Å². The lowest BCUT2D eigenvalue weighted by Gasteiger charge is -2.05. The molecule has 2 heterocycles. The molecule has 0 saturated carbocycles. The topological polar surface area (TPSA) is 59.3 Å². The predicted octanol–water partition coefficient (Wildman–Crippen LogP) is 4.19. The Morgan fingerprint density at radius 2 is 2.00 bits per heavy atom. The van der Waals surface area contributed by atoms with E-state index in [1.165, 1.54) is 0 Å². The largest absolute Gasteiger partial charge is 0.352 e. The third-order valence-electron chi connectivity index (χ3n) is 3.94. The summed E-state index contributed by atoms with van der Waals surface area (Å²) in [5.41, 5.74) is 2.67. The van der Waals surface area contributed by atoms with E-state index in [0.717, 1.165) is 26.5 Å². The maximum Gasteiger partial charge on any atom is 0.251 e. The van der Waals surface area contributed by atoms with Gasteiger partial charge in [-0.15, -0.1) is 16.4 Å². The van der Waals surface area contributed by atoms with Crippen molar-refractivity contribution >= 4 is 38.1 Å². The summed E-state index contributed by atoms with van der Waals surface area (Å²) in [6.45, 7) is 0.539. The van der Waals surface area contributed by atoms with Crippen LogP contribution in [0.4, 0.5) is 0 Å². The second-order valence-corrected chi connectivity index (χ2v) is 7.49. The zero-order chi connectivity index (χ0) is 17.9. The Balaban J connectivity index is 1.44. The molecule has 1 amide bonds. The first-order valence-corrected chi connectivity index (χ1v) is 9.80. The van der Waals surface area contributed by atoms with Gasteiger partial charge >= 0.3 is 0 Å². The minimum absolute atomic E-state index is 0.0821. The molecule has 0 aliphatic carbocycles. The Kier molecular flexibility index (Phi) is 4.81. The van der Waals surface area contributed by atoms with Gasteiger partial charge in [-0.3, -0.25) is 4.79 Å². The molecule has 0 unspecified atom stereocenters. The summed E-state index contributed by atoms with van der Waals surface area (Å²) in [6, 6.07) is 17.3. The van der Waals surface area contributed by atoms with Crippen LogP contribution < -0.4 is 5.32 Å². The second-order valence-electron chi connectivity index (χ2n) is 5.74. The van der Waals surface area contributed by atoms with Gasteiger partial charge in [0.15, 0.2) is 5.82 Å². The smallest absolute Gasteiger partial charge is 0.251 e. The highest BCUT2D eigenvalue weighted by atomic mass is 79.9. The molecule has 1 N–H and O–H groups in total. The van der Waals surface area contributed by atoms with Crippen LogP contribution in [-0.4, -0.2) is 27.0 Å². The van der Waals surface area contributed by atoms with E-state index in [9.17, 15) is 4.79 Å². The Hall–Kier alpha value is -2.51. The lowest BCUT2D eigenvalue weighted by molar-refractivity contribution is 0.0954. The fourth-order valence-corrected chi connectivity index (χ4v) is 3.90. The van der Waals surface area contributed by atoms with Gasteiger partial charge in [-0.1, -0.05) is 52.3 Å². The maximum atomic E-state index is 12.2. The van der Waals surface area contributed by atoms with Crippen LogP contribution in [0.3, 0.4) is 0 Å². The summed E-state index contributed by atoms with van der Waals surface area (Å²) < 4.78 is 2.75. The molecule has 5 nitrogen and oxygen atoms in total. The van der Waals surface area contributed by atoms with Gasteiger partial charge < -0.3 is 5.32 Å². The summed E-state index contributed by atoms with van der Waals surface area (Å²) in [4.78, 5) is 17.7. The molecule has 7 heteroatoms. The minimum atomic E-state index is -0.0821. The SMILES string of the molecule is O=C(NCCc1csc2nc(-c3ccccc3)nn12)c1cccc(Br)c1. The molecule has 2 aromatic carbocycles. The van der Waals surface area contributed by atoms with E-state index in [1.807, 2.05) is 58.4 Å². The molecule has 0 fully saturated rings. The molecule has 0 bridgehead atoms. The standard InChI is InChI=1S/C19H15BrN4OS/c20-15-8-4-7-14(11-15)18(25)21-10-9-16-12-26-19-22-17(23-24(16)19)13-5-2-1-3-6-13/h1-8,11-12H,9-10H2,(H,21,25). The highest BCUT2D eigenvalue weighted by molar-refractivity contribution is 9.10. The highest BCUT2D eigenvalue weighted by Crippen LogP contribution is 2.20. The molecule has 26 heavy (non-hydrogen) atoms. The zero-order valence-corrected chi connectivity index (χ0v) is 16.1. The van der Waals surface area contributed by atoms with Crippen LogP contribution >= 0.6 is 27.3 Å². The Labute approximate surface area is 162 Å². The summed E-state index contributed by atoms with van der Waals surface area (Å²) in [6.07, 6.45) is 0.692. The number of carbonyl (C=O) groups is 1. The van der Waals surface area contributed by atoms with Crippen LogP contribution in [0.2, 0.25) is 0 Å². The highest BCUT2D eigenvalue weighted by Gasteiger charge is 2.12. The summed E-state index contributed by atoms with van der Waals surface area (Å²) in [5, 5.41) is 9.60. The van der Waals surface area contributed by atoms with Crippen molar-refractivity contribution in [3.8, 4) is 11.4 Å². The average Bonchev–Trinajstić information content (AvgIpc) is 3.24. The van der Waals surface area contributed by atoms with Gasteiger partial charge in [0.2, 0.25) is 4.96 Å². The third-order valence-corrected chi connectivity index (χ3v) is 5.29. The van der Waals surface area contributed by atoms with E-state index in [4.69, 9.17) is 0 Å². The fourth-order valence-electron chi connectivity index (χ4n) is 2.64. The molecule has 0 saturated heterocycles. The first-order valence-electron chi connectivity index (χ1n) is 8.13. The van der Waals surface area contributed by atoms with Gasteiger partial charge in [-0.05, 0) is 18.2 Å². The first-order chi connectivity index (χ1) is 12.7. The number of amides is 1. The molecule has 4 aromatic rings. The Morgan fingerprint density at radius 1 is 1.15 bits per heavy atom. The van der Waals surface area contributed by atoms with Crippen molar-refractivity contribution in [3.63, 3.8) is 0 Å². The molecule has 0 spiro atoms. The van der Waals surface area contributed by atoms with Crippen molar-refractivity contribution < 1.29 is 4.79 Å². The Bertz CT molecular complexity index is 1060. The molecular formula is C19H15BrN4OS. The van der Waals surface area contributed by atoms with Gasteiger partial charge in [0.05, 0.1) is 5.69 Å². The number of aromatic nitrogens is 3. The van der Waals surface area contributed by atoms with Gasteiger partial charge in [0.1, 0.15) is 0 Å². The molecular weight excluding hydrogens is 412 g/mol. The van der Waals surface area contributed by atoms with E-state index in [1.54, 1.807) is 17.4 Å². The molecule has 0 atom stereocenters. The quantitative estimate of drug-likeness (QED) is 0.520. The number of nitrogens with one attached hydrogen (secondary N) is 1. The van der Waals surface area contributed by atoms with Gasteiger partial charge in [0, 0.05) is 33.9 Å². The second kappa shape index (κ2) is 7.39. The normalized spacial score (nSPS) is 11.0. The summed E-state index contributed by atoms with van der Waals surface area (Å²) in [7, 11) is 0. The maximum absolute atomic E-state index is 12.2. The van der Waals surface area contributed by atoms with Gasteiger partial charge in [0.25, 0.3) is 5.91 Å². The van der Waals surface area contributed by atoms with E-state index in [-0.39, 0.29) is 5.91 Å². The first kappa shape index (κ1) is 16.9. The number of hydrogen-bond acceptors (Lipinski definition) is 4. The minimum Gasteiger partial charge on any atom is -0.352 e. The number of hydrogen-bond donors (Lipinski definition) is 1. The van der Waals surface area contributed by atoms with Crippen molar-refractivity contribution in [2.75, 3.05) is 6.54 Å². The number of carbonyl (C=O) groups excluding carboxylic acids is 1. The van der Waals surface area contributed by atoms with Crippen LogP contribution in [0.15, 0.2) is 64.5 Å². The van der Waals surface area contributed by atoms with Crippen molar-refractivity contribution in [2.45, 2.75) is 6.42 Å². The molecule has 2 aromatic heterocycles. The van der Waals surface area contributed by atoms with Gasteiger partial charge in [-0.25, -0.2) is 4.52 Å². The summed E-state index contributed by atoms with van der Waals surface area (Å²) >= 11 is 4.94. The molecule has 130 valence electrons. The number of nitrogens with zero attached hydrogens (tertiary/aromatic N) is 3. The van der Waals surface area contributed by atoms with Crippen molar-refractivity contribution in [1.29, 1.82) is 0 Å². The van der Waals surface area contributed by atoms with Crippen molar-refractivity contribution in [3.05, 3.63) is 75.7 Å². The number of fused-ring (bicyclic) bond motifs is 1. The van der Waals surface area contributed by atoms with E-state index in [2.05, 4.69) is 31.3 Å². The molecule has 4 rings (SSSR count).